The van der Waals surface area contributed by atoms with Crippen LogP contribution in [0.25, 0.3) is 0 Å². The summed E-state index contributed by atoms with van der Waals surface area (Å²) in [5, 5.41) is 11.2. The van der Waals surface area contributed by atoms with Crippen LogP contribution in [0, 0.1) is 0 Å². The van der Waals surface area contributed by atoms with Crippen molar-refractivity contribution in [2.75, 3.05) is 5.32 Å². The first kappa shape index (κ1) is 19.8. The molecule has 1 aromatic carbocycles. The molecular weight excluding hydrogens is 334 g/mol. The van der Waals surface area contributed by atoms with E-state index in [9.17, 15) is 9.59 Å². The number of carbonyl (C=O) groups is 2. The van der Waals surface area contributed by atoms with E-state index in [2.05, 4.69) is 21.7 Å². The monoisotopic (exact) mass is 357 g/mol. The van der Waals surface area contributed by atoms with Crippen LogP contribution in [0.2, 0.25) is 0 Å². The molecule has 0 aliphatic rings. The van der Waals surface area contributed by atoms with Crippen LogP contribution in [-0.2, 0) is 16.1 Å². The van der Waals surface area contributed by atoms with Gasteiger partial charge in [-0.05, 0) is 41.5 Å². The fraction of sp³-hybridized carbons (Fsp3) is 0.467. The van der Waals surface area contributed by atoms with E-state index < -0.39 is 0 Å². The number of unbranched alkanes of at least 4 members (excludes halogenated alkanes) is 3. The summed E-state index contributed by atoms with van der Waals surface area (Å²) in [4.78, 5) is 22.6. The second-order valence-corrected chi connectivity index (χ2v) is 6.13. The highest BCUT2D eigenvalue weighted by atomic mass is 33.1. The lowest BCUT2D eigenvalue weighted by Gasteiger charge is -2.07. The molecule has 2 amide bonds. The number of thiol groups is 1. The minimum Gasteiger partial charge on any atom is -0.326 e. The number of anilines is 1. The van der Waals surface area contributed by atoms with E-state index in [1.807, 2.05) is 24.3 Å². The molecule has 0 fully saturated rings. The smallest absolute Gasteiger partial charge is 0.243 e. The van der Waals surface area contributed by atoms with Gasteiger partial charge < -0.3 is 5.32 Å². The van der Waals surface area contributed by atoms with Gasteiger partial charge in [-0.25, -0.2) is 5.48 Å². The van der Waals surface area contributed by atoms with Gasteiger partial charge in [-0.3, -0.25) is 19.5 Å². The van der Waals surface area contributed by atoms with Gasteiger partial charge in [-0.2, -0.15) is 0 Å². The first-order valence-electron chi connectivity index (χ1n) is 7.50. The number of hydrogen-bond donors (Lipinski definition) is 5. The van der Waals surface area contributed by atoms with Gasteiger partial charge >= 0.3 is 0 Å². The Morgan fingerprint density at radius 3 is 2.17 bits per heavy atom. The molecule has 0 saturated heterocycles. The summed E-state index contributed by atoms with van der Waals surface area (Å²) in [7, 11) is 1.27. The largest absolute Gasteiger partial charge is 0.326 e. The Hall–Kier alpha value is -1.22. The van der Waals surface area contributed by atoms with Gasteiger partial charge in [0, 0.05) is 25.1 Å². The predicted octanol–water partition coefficient (Wildman–Crippen LogP) is 3.05. The van der Waals surface area contributed by atoms with E-state index in [1.54, 1.807) is 5.48 Å². The minimum absolute atomic E-state index is 0.00473. The van der Waals surface area contributed by atoms with Crippen LogP contribution >= 0.6 is 22.6 Å². The molecule has 0 radical (unpaired) electrons. The molecular formula is C15H23N3O3S2. The van der Waals surface area contributed by atoms with Gasteiger partial charge in [0.2, 0.25) is 11.8 Å². The summed E-state index contributed by atoms with van der Waals surface area (Å²) < 4.78 is 3.03. The molecule has 0 spiro atoms. The van der Waals surface area contributed by atoms with E-state index in [1.165, 1.54) is 11.0 Å². The number of carbonyl (C=O) groups excluding carboxylic acids is 2. The maximum atomic E-state index is 11.8. The van der Waals surface area contributed by atoms with Gasteiger partial charge in [0.1, 0.15) is 0 Å². The summed E-state index contributed by atoms with van der Waals surface area (Å²) in [6, 6.07) is 7.68. The maximum Gasteiger partial charge on any atom is 0.243 e. The Bertz CT molecular complexity index is 483. The normalized spacial score (nSPS) is 10.3. The van der Waals surface area contributed by atoms with Crippen molar-refractivity contribution in [3.8, 4) is 0 Å². The second kappa shape index (κ2) is 12.2. The standard InChI is InChI=1S/C15H23N3O3S2/c19-14(5-3-1-2-4-6-15(20)18-21)17-13-9-7-12(8-10-13)11-16-23-22/h7-10,16,21-22H,1-6,11H2,(H,17,19)(H,18,20). The summed E-state index contributed by atoms with van der Waals surface area (Å²) >= 11 is 4.00. The average Bonchev–Trinajstić information content (AvgIpc) is 2.57. The van der Waals surface area contributed by atoms with Crippen LogP contribution in [0.4, 0.5) is 5.69 Å². The van der Waals surface area contributed by atoms with Gasteiger partial charge in [0.15, 0.2) is 0 Å². The third kappa shape index (κ3) is 9.50. The van der Waals surface area contributed by atoms with Crippen molar-refractivity contribution < 1.29 is 14.8 Å². The molecule has 6 nitrogen and oxygen atoms in total. The third-order valence-corrected chi connectivity index (χ3v) is 3.92. The molecule has 128 valence electrons. The summed E-state index contributed by atoms with van der Waals surface area (Å²) in [5.41, 5.74) is 3.52. The zero-order chi connectivity index (χ0) is 16.9. The van der Waals surface area contributed by atoms with Crippen molar-refractivity contribution in [2.24, 2.45) is 0 Å². The number of benzene rings is 1. The van der Waals surface area contributed by atoms with Crippen molar-refractivity contribution in [2.45, 2.75) is 45.1 Å². The van der Waals surface area contributed by atoms with Crippen LogP contribution in [0.3, 0.4) is 0 Å². The molecule has 0 atom stereocenters. The summed E-state index contributed by atoms with van der Waals surface area (Å²) in [6.45, 7) is 0.719. The van der Waals surface area contributed by atoms with Crippen LogP contribution in [0.15, 0.2) is 24.3 Å². The molecule has 4 N–H and O–H groups in total. The number of rotatable bonds is 11. The van der Waals surface area contributed by atoms with Crippen molar-refractivity contribution in [3.05, 3.63) is 29.8 Å². The molecule has 0 saturated carbocycles. The van der Waals surface area contributed by atoms with Crippen LogP contribution < -0.4 is 15.5 Å². The summed E-state index contributed by atoms with van der Waals surface area (Å²) in [5.74, 6) is -0.371. The SMILES string of the molecule is O=C(CCCCCCC(=O)Nc1ccc(CNSS)cc1)NO. The predicted molar refractivity (Wildman–Crippen MR) is 96.1 cm³/mol. The van der Waals surface area contributed by atoms with Crippen LogP contribution in [0.1, 0.15) is 44.1 Å². The van der Waals surface area contributed by atoms with E-state index >= 15 is 0 Å². The topological polar surface area (TPSA) is 90.5 Å². The number of hydrogen-bond acceptors (Lipinski definition) is 6. The molecule has 0 aliphatic heterocycles. The zero-order valence-corrected chi connectivity index (χ0v) is 14.6. The van der Waals surface area contributed by atoms with E-state index in [0.29, 0.717) is 19.3 Å². The van der Waals surface area contributed by atoms with Crippen LogP contribution in [-0.4, -0.2) is 17.0 Å². The third-order valence-electron chi connectivity index (χ3n) is 3.26. The van der Waals surface area contributed by atoms with E-state index in [-0.39, 0.29) is 11.8 Å². The van der Waals surface area contributed by atoms with E-state index in [0.717, 1.165) is 37.1 Å². The first-order chi connectivity index (χ1) is 11.2. The fourth-order valence-corrected chi connectivity index (χ4v) is 2.45. The Kier molecular flexibility index (Phi) is 10.5. The molecule has 0 unspecified atom stereocenters. The Morgan fingerprint density at radius 1 is 1.00 bits per heavy atom. The molecule has 8 heteroatoms. The molecule has 0 aliphatic carbocycles. The second-order valence-electron chi connectivity index (χ2n) is 5.11. The fourth-order valence-electron chi connectivity index (χ4n) is 2.03. The molecule has 0 heterocycles. The lowest BCUT2D eigenvalue weighted by molar-refractivity contribution is -0.129. The van der Waals surface area contributed by atoms with Crippen molar-refractivity contribution in [1.82, 2.24) is 10.2 Å². The molecule has 0 bridgehead atoms. The van der Waals surface area contributed by atoms with E-state index in [4.69, 9.17) is 5.21 Å². The van der Waals surface area contributed by atoms with Gasteiger partial charge in [0.05, 0.1) is 0 Å². The van der Waals surface area contributed by atoms with Gasteiger partial charge in [-0.15, -0.1) is 0 Å². The number of amides is 2. The van der Waals surface area contributed by atoms with Gasteiger partial charge in [-0.1, -0.05) is 36.6 Å². The highest BCUT2D eigenvalue weighted by Gasteiger charge is 2.03. The Labute approximate surface area is 145 Å². The maximum absolute atomic E-state index is 11.8. The zero-order valence-electron chi connectivity index (χ0n) is 12.9. The average molecular weight is 358 g/mol. The lowest BCUT2D eigenvalue weighted by Crippen LogP contribution is -2.17. The van der Waals surface area contributed by atoms with Crippen molar-refractivity contribution in [3.63, 3.8) is 0 Å². The Morgan fingerprint density at radius 2 is 1.61 bits per heavy atom. The minimum atomic E-state index is -0.366. The van der Waals surface area contributed by atoms with Crippen molar-refractivity contribution >= 4 is 40.1 Å². The molecule has 0 aromatic heterocycles. The highest BCUT2D eigenvalue weighted by Crippen LogP contribution is 2.12. The molecule has 1 rings (SSSR count). The highest BCUT2D eigenvalue weighted by molar-refractivity contribution is 8.67. The Balaban J connectivity index is 2.15. The quantitative estimate of drug-likeness (QED) is 0.105. The van der Waals surface area contributed by atoms with Crippen molar-refractivity contribution in [1.29, 1.82) is 0 Å². The number of nitrogens with one attached hydrogen (secondary N) is 3. The number of hydroxylamine groups is 1. The summed E-state index contributed by atoms with van der Waals surface area (Å²) in [6.07, 6.45) is 4.03. The van der Waals surface area contributed by atoms with Crippen LogP contribution in [0.5, 0.6) is 0 Å². The van der Waals surface area contributed by atoms with Gasteiger partial charge in [0.25, 0.3) is 0 Å². The molecule has 1 aromatic rings. The lowest BCUT2D eigenvalue weighted by atomic mass is 10.1. The first-order valence-corrected chi connectivity index (χ1v) is 9.37. The molecule has 23 heavy (non-hydrogen) atoms.